The van der Waals surface area contributed by atoms with Gasteiger partial charge in [-0.25, -0.2) is 0 Å². The minimum absolute atomic E-state index is 0.930. The van der Waals surface area contributed by atoms with Gasteiger partial charge in [-0.05, 0) is 42.9 Å². The van der Waals surface area contributed by atoms with Gasteiger partial charge in [-0.2, -0.15) is 0 Å². The van der Waals surface area contributed by atoms with E-state index in [1.165, 1.54) is 5.92 Å². The Bertz CT molecular complexity index is 171. The predicted octanol–water partition coefficient (Wildman–Crippen LogP) is 3.37. The van der Waals surface area contributed by atoms with Gasteiger partial charge in [-0.1, -0.05) is 25.7 Å². The second-order valence-corrected chi connectivity index (χ2v) is 5.16. The summed E-state index contributed by atoms with van der Waals surface area (Å²) in [5.41, 5.74) is 0.930. The smallest absolute Gasteiger partial charge is 0.0263 e. The van der Waals surface area contributed by atoms with Crippen molar-refractivity contribution in [3.63, 3.8) is 0 Å². The SMILES string of the molecule is C1CC2CCCC3(C2)CC3C1. The van der Waals surface area contributed by atoms with Crippen LogP contribution in [0.25, 0.3) is 0 Å². The van der Waals surface area contributed by atoms with E-state index in [0.29, 0.717) is 0 Å². The molecule has 3 unspecified atom stereocenters. The molecule has 2 bridgehead atoms. The average molecular weight is 150 g/mol. The molecule has 3 aliphatic carbocycles. The van der Waals surface area contributed by atoms with E-state index in [2.05, 4.69) is 0 Å². The van der Waals surface area contributed by atoms with Gasteiger partial charge in [0.2, 0.25) is 0 Å². The van der Waals surface area contributed by atoms with Gasteiger partial charge in [0, 0.05) is 0 Å². The zero-order chi connectivity index (χ0) is 7.31. The molecule has 1 spiro atoms. The summed E-state index contributed by atoms with van der Waals surface area (Å²) in [6.45, 7) is 0. The second kappa shape index (κ2) is 2.02. The van der Waals surface area contributed by atoms with Crippen LogP contribution in [0.3, 0.4) is 0 Å². The Morgan fingerprint density at radius 2 is 1.82 bits per heavy atom. The lowest BCUT2D eigenvalue weighted by molar-refractivity contribution is 0.239. The quantitative estimate of drug-likeness (QED) is 0.496. The molecule has 0 N–H and O–H groups in total. The zero-order valence-corrected chi connectivity index (χ0v) is 7.31. The summed E-state index contributed by atoms with van der Waals surface area (Å²) in [5.74, 6) is 2.34. The van der Waals surface area contributed by atoms with E-state index < -0.39 is 0 Å². The third-order valence-electron chi connectivity index (χ3n) is 4.51. The summed E-state index contributed by atoms with van der Waals surface area (Å²) in [6.07, 6.45) is 12.6. The third kappa shape index (κ3) is 0.878. The molecule has 0 nitrogen and oxygen atoms in total. The number of fused-ring (bicyclic) bond motifs is 1. The lowest BCUT2D eigenvalue weighted by Gasteiger charge is -2.27. The Morgan fingerprint density at radius 3 is 2.82 bits per heavy atom. The number of hydrogen-bond acceptors (Lipinski definition) is 0. The van der Waals surface area contributed by atoms with Crippen LogP contribution in [-0.4, -0.2) is 0 Å². The first-order valence-electron chi connectivity index (χ1n) is 5.39. The van der Waals surface area contributed by atoms with Crippen molar-refractivity contribution in [2.75, 3.05) is 0 Å². The van der Waals surface area contributed by atoms with Gasteiger partial charge in [0.15, 0.2) is 0 Å². The third-order valence-corrected chi connectivity index (χ3v) is 4.51. The Hall–Kier alpha value is 0. The van der Waals surface area contributed by atoms with Crippen LogP contribution in [0.1, 0.15) is 51.4 Å². The van der Waals surface area contributed by atoms with Crippen LogP contribution in [0.15, 0.2) is 0 Å². The topological polar surface area (TPSA) is 0 Å². The van der Waals surface area contributed by atoms with Crippen molar-refractivity contribution >= 4 is 0 Å². The van der Waals surface area contributed by atoms with Crippen LogP contribution in [-0.2, 0) is 0 Å². The molecular formula is C11H18. The number of rotatable bonds is 0. The van der Waals surface area contributed by atoms with Gasteiger partial charge < -0.3 is 0 Å². The Morgan fingerprint density at radius 1 is 0.909 bits per heavy atom. The summed E-state index contributed by atoms with van der Waals surface area (Å²) in [4.78, 5) is 0. The van der Waals surface area contributed by atoms with E-state index in [0.717, 1.165) is 11.3 Å². The minimum Gasteiger partial charge on any atom is -0.0528 e. The molecule has 0 heterocycles. The normalized spacial score (nSPS) is 54.5. The summed E-state index contributed by atoms with van der Waals surface area (Å²) in [6, 6.07) is 0. The van der Waals surface area contributed by atoms with Crippen molar-refractivity contribution in [2.45, 2.75) is 51.4 Å². The molecule has 0 aliphatic heterocycles. The van der Waals surface area contributed by atoms with Gasteiger partial charge in [0.05, 0.1) is 0 Å². The maximum Gasteiger partial charge on any atom is -0.0263 e. The monoisotopic (exact) mass is 150 g/mol. The highest BCUT2D eigenvalue weighted by Crippen LogP contribution is 2.66. The Kier molecular flexibility index (Phi) is 1.20. The van der Waals surface area contributed by atoms with Gasteiger partial charge in [-0.3, -0.25) is 0 Å². The molecular weight excluding hydrogens is 132 g/mol. The van der Waals surface area contributed by atoms with Crippen molar-refractivity contribution in [2.24, 2.45) is 17.3 Å². The molecule has 0 heteroatoms. The zero-order valence-electron chi connectivity index (χ0n) is 7.31. The van der Waals surface area contributed by atoms with E-state index in [4.69, 9.17) is 0 Å². The highest BCUT2D eigenvalue weighted by molar-refractivity contribution is 5.06. The molecule has 0 amide bonds. The minimum atomic E-state index is 0.930. The van der Waals surface area contributed by atoms with Crippen molar-refractivity contribution in [3.05, 3.63) is 0 Å². The van der Waals surface area contributed by atoms with Crippen LogP contribution >= 0.6 is 0 Å². The maximum atomic E-state index is 1.62. The van der Waals surface area contributed by atoms with E-state index in [9.17, 15) is 0 Å². The fraction of sp³-hybridized carbons (Fsp3) is 1.00. The molecule has 0 saturated heterocycles. The van der Waals surface area contributed by atoms with Gasteiger partial charge >= 0.3 is 0 Å². The van der Waals surface area contributed by atoms with Crippen molar-refractivity contribution < 1.29 is 0 Å². The number of hydrogen-bond donors (Lipinski definition) is 0. The molecule has 3 rings (SSSR count). The van der Waals surface area contributed by atoms with Gasteiger partial charge in [-0.15, -0.1) is 0 Å². The molecule has 3 atom stereocenters. The van der Waals surface area contributed by atoms with Crippen LogP contribution in [0.5, 0.6) is 0 Å². The fourth-order valence-corrected chi connectivity index (χ4v) is 3.82. The first-order chi connectivity index (χ1) is 5.39. The first-order valence-corrected chi connectivity index (χ1v) is 5.39. The lowest BCUT2D eigenvalue weighted by atomic mass is 9.78. The molecule has 0 aromatic carbocycles. The fourth-order valence-electron chi connectivity index (χ4n) is 3.82. The van der Waals surface area contributed by atoms with Gasteiger partial charge in [0.1, 0.15) is 0 Å². The summed E-state index contributed by atoms with van der Waals surface area (Å²) < 4.78 is 0. The van der Waals surface area contributed by atoms with Crippen LogP contribution in [0.2, 0.25) is 0 Å². The highest BCUT2D eigenvalue weighted by Gasteiger charge is 2.55. The van der Waals surface area contributed by atoms with E-state index in [1.807, 2.05) is 0 Å². The predicted molar refractivity (Wildman–Crippen MR) is 46.3 cm³/mol. The standard InChI is InChI=1S/C11H18/c1-3-9-4-2-6-11(7-9)8-10(11)5-1/h9-10H,1-8H2. The van der Waals surface area contributed by atoms with Gasteiger partial charge in [0.25, 0.3) is 0 Å². The Balaban J connectivity index is 1.85. The lowest BCUT2D eigenvalue weighted by Crippen LogP contribution is -2.15. The van der Waals surface area contributed by atoms with Crippen molar-refractivity contribution in [1.29, 1.82) is 0 Å². The molecule has 3 aliphatic rings. The first kappa shape index (κ1) is 6.51. The molecule has 3 fully saturated rings. The van der Waals surface area contributed by atoms with Crippen molar-refractivity contribution in [1.82, 2.24) is 0 Å². The van der Waals surface area contributed by atoms with Crippen molar-refractivity contribution in [3.8, 4) is 0 Å². The molecule has 62 valence electrons. The maximum absolute atomic E-state index is 1.62. The van der Waals surface area contributed by atoms with E-state index in [-0.39, 0.29) is 0 Å². The largest absolute Gasteiger partial charge is 0.0528 e. The van der Waals surface area contributed by atoms with Crippen LogP contribution in [0, 0.1) is 17.3 Å². The summed E-state index contributed by atoms with van der Waals surface area (Å²) >= 11 is 0. The molecule has 11 heavy (non-hydrogen) atoms. The van der Waals surface area contributed by atoms with Crippen LogP contribution in [0.4, 0.5) is 0 Å². The van der Waals surface area contributed by atoms with E-state index in [1.54, 1.807) is 51.4 Å². The Labute approximate surface area is 69.4 Å². The summed E-state index contributed by atoms with van der Waals surface area (Å²) in [7, 11) is 0. The molecule has 0 aromatic heterocycles. The molecule has 0 radical (unpaired) electrons. The highest BCUT2D eigenvalue weighted by atomic mass is 14.6. The second-order valence-electron chi connectivity index (χ2n) is 5.16. The summed E-state index contributed by atoms with van der Waals surface area (Å²) in [5, 5.41) is 0. The average Bonchev–Trinajstić information content (AvgIpc) is 2.63. The van der Waals surface area contributed by atoms with Crippen LogP contribution < -0.4 is 0 Å². The molecule has 3 saturated carbocycles. The van der Waals surface area contributed by atoms with E-state index >= 15 is 0 Å². The molecule has 0 aromatic rings.